The van der Waals surface area contributed by atoms with Crippen molar-refractivity contribution in [1.82, 2.24) is 14.9 Å². The van der Waals surface area contributed by atoms with E-state index in [1.807, 2.05) is 27.1 Å². The lowest BCUT2D eigenvalue weighted by molar-refractivity contribution is 0.392. The van der Waals surface area contributed by atoms with E-state index in [9.17, 15) is 0 Å². The number of likely N-dealkylation sites (N-methyl/N-ethyl adjacent to an activating group) is 1. The van der Waals surface area contributed by atoms with Gasteiger partial charge in [0, 0.05) is 24.3 Å². The molecule has 4 N–H and O–H groups in total. The third-order valence-corrected chi connectivity index (χ3v) is 2.02. The van der Waals surface area contributed by atoms with Gasteiger partial charge in [0.2, 0.25) is 5.95 Å². The van der Waals surface area contributed by atoms with Crippen molar-refractivity contribution in [3.05, 3.63) is 11.8 Å². The number of aromatic nitrogens is 2. The van der Waals surface area contributed by atoms with Crippen LogP contribution in [-0.4, -0.2) is 41.5 Å². The van der Waals surface area contributed by atoms with Crippen LogP contribution in [0.4, 0.5) is 11.8 Å². The van der Waals surface area contributed by atoms with E-state index in [-0.39, 0.29) is 0 Å². The zero-order valence-corrected chi connectivity index (χ0v) is 10.3. The van der Waals surface area contributed by atoms with Crippen LogP contribution in [0, 0.1) is 6.92 Å². The highest BCUT2D eigenvalue weighted by molar-refractivity contribution is 5.42. The molecule has 0 aliphatic heterocycles. The molecule has 0 saturated heterocycles. The van der Waals surface area contributed by atoms with Gasteiger partial charge in [0.1, 0.15) is 5.82 Å². The fourth-order valence-electron chi connectivity index (χ4n) is 1.55. The summed E-state index contributed by atoms with van der Waals surface area (Å²) in [7, 11) is 4.08. The molecule has 6 heteroatoms. The van der Waals surface area contributed by atoms with Crippen molar-refractivity contribution in [2.24, 2.45) is 5.84 Å². The maximum absolute atomic E-state index is 5.29. The lowest BCUT2D eigenvalue weighted by atomic mass is 10.3. The largest absolute Gasteiger partial charge is 0.366 e. The molecule has 1 aromatic heterocycles. The van der Waals surface area contributed by atoms with Crippen molar-refractivity contribution >= 4 is 11.8 Å². The van der Waals surface area contributed by atoms with Gasteiger partial charge in [-0.05, 0) is 27.9 Å². The van der Waals surface area contributed by atoms with Gasteiger partial charge in [-0.25, -0.2) is 10.8 Å². The van der Waals surface area contributed by atoms with E-state index in [1.165, 1.54) is 0 Å². The zero-order chi connectivity index (χ0) is 12.1. The number of aryl methyl sites for hydroxylation is 1. The minimum Gasteiger partial charge on any atom is -0.366 e. The number of nitrogens with two attached hydrogens (primary N) is 1. The number of nitrogen functional groups attached to an aromatic ring is 1. The summed E-state index contributed by atoms with van der Waals surface area (Å²) < 4.78 is 0. The van der Waals surface area contributed by atoms with Crippen molar-refractivity contribution in [3.8, 4) is 0 Å². The second-order valence-electron chi connectivity index (χ2n) is 4.17. The lowest BCUT2D eigenvalue weighted by Gasteiger charge is -2.19. The molecule has 1 unspecified atom stereocenters. The Morgan fingerprint density at radius 1 is 1.44 bits per heavy atom. The van der Waals surface area contributed by atoms with Crippen LogP contribution in [0.25, 0.3) is 0 Å². The summed E-state index contributed by atoms with van der Waals surface area (Å²) in [6, 6.07) is 2.21. The van der Waals surface area contributed by atoms with E-state index < -0.39 is 0 Å². The molecular formula is C10H20N6. The molecule has 16 heavy (non-hydrogen) atoms. The van der Waals surface area contributed by atoms with Gasteiger partial charge in [0.05, 0.1) is 0 Å². The second-order valence-corrected chi connectivity index (χ2v) is 4.17. The highest BCUT2D eigenvalue weighted by atomic mass is 15.3. The first kappa shape index (κ1) is 12.7. The van der Waals surface area contributed by atoms with Crippen LogP contribution in [0.15, 0.2) is 6.07 Å². The predicted octanol–water partition coefficient (Wildman–Crippen LogP) is 0.433. The molecule has 0 spiro atoms. The van der Waals surface area contributed by atoms with Crippen LogP contribution in [-0.2, 0) is 0 Å². The maximum Gasteiger partial charge on any atom is 0.239 e. The van der Waals surface area contributed by atoms with E-state index in [0.29, 0.717) is 12.0 Å². The number of rotatable bonds is 5. The van der Waals surface area contributed by atoms with E-state index >= 15 is 0 Å². The lowest BCUT2D eigenvalue weighted by Crippen LogP contribution is -2.30. The Morgan fingerprint density at radius 3 is 2.69 bits per heavy atom. The molecule has 0 aliphatic carbocycles. The fourth-order valence-corrected chi connectivity index (χ4v) is 1.55. The molecule has 0 aromatic carbocycles. The number of nitrogens with one attached hydrogen (secondary N) is 2. The van der Waals surface area contributed by atoms with E-state index in [0.717, 1.165) is 18.1 Å². The number of anilines is 2. The fraction of sp³-hybridized carbons (Fsp3) is 0.600. The summed E-state index contributed by atoms with van der Waals surface area (Å²) in [6.07, 6.45) is 0. The minimum absolute atomic E-state index is 0.315. The Bertz CT molecular complexity index is 338. The van der Waals surface area contributed by atoms with Crippen LogP contribution in [0.2, 0.25) is 0 Å². The van der Waals surface area contributed by atoms with Crippen LogP contribution in [0.1, 0.15) is 12.6 Å². The highest BCUT2D eigenvalue weighted by Crippen LogP contribution is 2.09. The van der Waals surface area contributed by atoms with E-state index in [1.54, 1.807) is 0 Å². The number of hydrogen-bond acceptors (Lipinski definition) is 6. The number of hydrogen-bond donors (Lipinski definition) is 3. The molecule has 1 atom stereocenters. The van der Waals surface area contributed by atoms with Crippen molar-refractivity contribution in [2.75, 3.05) is 31.4 Å². The van der Waals surface area contributed by atoms with Gasteiger partial charge in [-0.3, -0.25) is 5.43 Å². The first-order valence-corrected chi connectivity index (χ1v) is 5.25. The smallest absolute Gasteiger partial charge is 0.239 e. The first-order valence-electron chi connectivity index (χ1n) is 5.25. The topological polar surface area (TPSA) is 79.1 Å². The van der Waals surface area contributed by atoms with E-state index in [2.05, 4.69) is 32.5 Å². The molecule has 1 heterocycles. The Labute approximate surface area is 96.2 Å². The summed E-state index contributed by atoms with van der Waals surface area (Å²) in [5.74, 6) is 6.51. The minimum atomic E-state index is 0.315. The average molecular weight is 224 g/mol. The third kappa shape index (κ3) is 4.00. The molecule has 0 fully saturated rings. The highest BCUT2D eigenvalue weighted by Gasteiger charge is 2.06. The Morgan fingerprint density at radius 2 is 2.12 bits per heavy atom. The third-order valence-electron chi connectivity index (χ3n) is 2.02. The molecule has 0 bridgehead atoms. The van der Waals surface area contributed by atoms with Crippen molar-refractivity contribution in [2.45, 2.75) is 19.9 Å². The quantitative estimate of drug-likeness (QED) is 0.497. The zero-order valence-electron chi connectivity index (χ0n) is 10.3. The molecule has 1 rings (SSSR count). The molecule has 0 saturated carbocycles. The number of hydrazine groups is 1. The van der Waals surface area contributed by atoms with Crippen molar-refractivity contribution in [1.29, 1.82) is 0 Å². The molecule has 6 nitrogen and oxygen atoms in total. The summed E-state index contributed by atoms with van der Waals surface area (Å²) >= 11 is 0. The van der Waals surface area contributed by atoms with E-state index in [4.69, 9.17) is 5.84 Å². The number of nitrogens with zero attached hydrogens (tertiary/aromatic N) is 3. The SMILES string of the molecule is Cc1cc(NC(C)CN(C)C)nc(NN)n1. The molecule has 90 valence electrons. The van der Waals surface area contributed by atoms with Gasteiger partial charge in [-0.2, -0.15) is 4.98 Å². The molecule has 0 radical (unpaired) electrons. The monoisotopic (exact) mass is 224 g/mol. The summed E-state index contributed by atoms with van der Waals surface area (Å²) in [6.45, 7) is 4.95. The Kier molecular flexibility index (Phi) is 4.45. The summed E-state index contributed by atoms with van der Waals surface area (Å²) in [5, 5.41) is 3.30. The Balaban J connectivity index is 2.69. The second kappa shape index (κ2) is 5.62. The van der Waals surface area contributed by atoms with Crippen LogP contribution >= 0.6 is 0 Å². The van der Waals surface area contributed by atoms with Crippen LogP contribution in [0.3, 0.4) is 0 Å². The summed E-state index contributed by atoms with van der Waals surface area (Å²) in [5.41, 5.74) is 3.33. The van der Waals surface area contributed by atoms with Crippen molar-refractivity contribution in [3.63, 3.8) is 0 Å². The normalized spacial score (nSPS) is 12.6. The van der Waals surface area contributed by atoms with Crippen LogP contribution < -0.4 is 16.6 Å². The molecular weight excluding hydrogens is 204 g/mol. The van der Waals surface area contributed by atoms with Gasteiger partial charge >= 0.3 is 0 Å². The first-order chi connectivity index (χ1) is 7.51. The predicted molar refractivity (Wildman–Crippen MR) is 66.2 cm³/mol. The Hall–Kier alpha value is -1.40. The molecule has 0 amide bonds. The van der Waals surface area contributed by atoms with Crippen molar-refractivity contribution < 1.29 is 0 Å². The van der Waals surface area contributed by atoms with Gasteiger partial charge < -0.3 is 10.2 Å². The van der Waals surface area contributed by atoms with Crippen LogP contribution in [0.5, 0.6) is 0 Å². The summed E-state index contributed by atoms with van der Waals surface area (Å²) in [4.78, 5) is 10.5. The molecule has 0 aliphatic rings. The van der Waals surface area contributed by atoms with Gasteiger partial charge in [0.15, 0.2) is 0 Å². The average Bonchev–Trinajstić information content (AvgIpc) is 2.14. The van der Waals surface area contributed by atoms with Gasteiger partial charge in [0.25, 0.3) is 0 Å². The molecule has 1 aromatic rings. The van der Waals surface area contributed by atoms with Gasteiger partial charge in [-0.15, -0.1) is 0 Å². The standard InChI is InChI=1S/C10H20N6/c1-7-5-9(14-10(13-7)15-11)12-8(2)6-16(3)4/h5,8H,6,11H2,1-4H3,(H2,12,13,14,15). The maximum atomic E-state index is 5.29. The van der Waals surface area contributed by atoms with Gasteiger partial charge in [-0.1, -0.05) is 0 Å².